The number of aliphatic carboxylic acids is 1. The van der Waals surface area contributed by atoms with Crippen LogP contribution in [-0.2, 0) is 40.2 Å². The molecule has 3 rings (SSSR count). The smallest absolute Gasteiger partial charge is 0.416 e. The molecule has 2 aliphatic rings. The summed E-state index contributed by atoms with van der Waals surface area (Å²) in [6.45, 7) is 0.0191. The maximum absolute atomic E-state index is 13.5. The molecule has 0 aromatic heterocycles. The average molecular weight is 603 g/mol. The highest BCUT2D eigenvalue weighted by Crippen LogP contribution is 2.30. The Balaban J connectivity index is 1.86. The van der Waals surface area contributed by atoms with E-state index in [1.165, 1.54) is 0 Å². The first-order valence-corrected chi connectivity index (χ1v) is 13.7. The molecular formula is C23H25F3N6O8S. The molecule has 0 unspecified atom stereocenters. The van der Waals surface area contributed by atoms with Crippen molar-refractivity contribution < 1.29 is 55.5 Å². The van der Waals surface area contributed by atoms with Gasteiger partial charge in [0.1, 0.15) is 12.1 Å². The molecule has 0 radical (unpaired) electrons. The van der Waals surface area contributed by atoms with Gasteiger partial charge in [-0.15, -0.1) is 0 Å². The van der Waals surface area contributed by atoms with Crippen molar-refractivity contribution in [3.8, 4) is 0 Å². The summed E-state index contributed by atoms with van der Waals surface area (Å²) in [7, 11) is -4.55. The summed E-state index contributed by atoms with van der Waals surface area (Å²) in [6.07, 6.45) is -5.57. The van der Waals surface area contributed by atoms with Crippen LogP contribution >= 0.6 is 0 Å². The number of hydrazine groups is 1. The van der Waals surface area contributed by atoms with E-state index in [2.05, 4.69) is 14.8 Å². The molecule has 2 fully saturated rings. The molecule has 2 saturated heterocycles. The lowest BCUT2D eigenvalue weighted by Crippen LogP contribution is -2.64. The number of Topliss-reactive ketones (excluding diaryl/α,β-unsaturated/α-hetero) is 1. The molecule has 14 nitrogen and oxygen atoms in total. The third-order valence-corrected chi connectivity index (χ3v) is 7.93. The molecule has 0 aliphatic carbocycles. The standard InChI is InChI=1S/C23H25F3N6O8S/c24-23(25,26)13-3-5-14(6-4-13)41(39,40)30-16-7-9-19(34)31-11-1-2-17(32(31)22(16)38)21(37)29-15(8-10-20(35)36)18(33)12-28-27/h3-6,12,15-17,27,30H,1-2,7-11H2,(H-,29,35,36,37)/t15-,16-,17-/m0/s1. The van der Waals surface area contributed by atoms with Gasteiger partial charge in [0.05, 0.1) is 26.8 Å². The van der Waals surface area contributed by atoms with E-state index in [-0.39, 0.29) is 32.2 Å². The van der Waals surface area contributed by atoms with Gasteiger partial charge in [-0.25, -0.2) is 13.4 Å². The normalized spacial score (nSPS) is 20.4. The first-order valence-electron chi connectivity index (χ1n) is 12.2. The van der Waals surface area contributed by atoms with Crippen molar-refractivity contribution in [1.82, 2.24) is 20.1 Å². The molecule has 2 aliphatic heterocycles. The largest absolute Gasteiger partial charge is 0.550 e. The maximum atomic E-state index is 13.5. The molecule has 3 atom stereocenters. The number of benzene rings is 1. The summed E-state index contributed by atoms with van der Waals surface area (Å²) in [6, 6.07) is -1.88. The molecule has 1 aromatic rings. The number of nitrogens with one attached hydrogen (secondary N) is 3. The van der Waals surface area contributed by atoms with Gasteiger partial charge in [-0.1, -0.05) is 0 Å². The summed E-state index contributed by atoms with van der Waals surface area (Å²) >= 11 is 0. The number of hydrogen-bond acceptors (Lipinski definition) is 9. The third kappa shape index (κ3) is 7.53. The Kier molecular flexibility index (Phi) is 9.62. The SMILES string of the molecule is N=[N+]=CC(=O)[C@H](CCC(=O)[O-])NC(=O)[C@@H]1CCCN2C(=O)CC[C@H](NS(=O)(=O)c3ccc(C(F)(F)F)cc3)C(=O)N12. The van der Waals surface area contributed by atoms with Crippen LogP contribution in [-0.4, -0.2) is 83.6 Å². The highest BCUT2D eigenvalue weighted by Gasteiger charge is 2.45. The van der Waals surface area contributed by atoms with E-state index in [1.54, 1.807) is 0 Å². The van der Waals surface area contributed by atoms with E-state index in [9.17, 15) is 50.7 Å². The van der Waals surface area contributed by atoms with Gasteiger partial charge < -0.3 is 15.2 Å². The molecule has 0 bridgehead atoms. The lowest BCUT2D eigenvalue weighted by atomic mass is 10.0. The summed E-state index contributed by atoms with van der Waals surface area (Å²) in [5.74, 6) is -4.95. The van der Waals surface area contributed by atoms with Crippen LogP contribution in [0.4, 0.5) is 13.2 Å². The fourth-order valence-electron chi connectivity index (χ4n) is 4.43. The minimum atomic E-state index is -4.71. The Morgan fingerprint density at radius 2 is 1.83 bits per heavy atom. The quantitative estimate of drug-likeness (QED) is 0.167. The van der Waals surface area contributed by atoms with Gasteiger partial charge in [0, 0.05) is 18.9 Å². The second kappa shape index (κ2) is 12.6. The third-order valence-electron chi connectivity index (χ3n) is 6.44. The molecule has 3 amide bonds. The number of hydrogen-bond donors (Lipinski definition) is 3. The Morgan fingerprint density at radius 1 is 1.17 bits per heavy atom. The fraction of sp³-hybridized carbons (Fsp3) is 0.478. The Bertz CT molecular complexity index is 1380. The highest BCUT2D eigenvalue weighted by atomic mass is 32.2. The van der Waals surface area contributed by atoms with Crippen LogP contribution in [0.3, 0.4) is 0 Å². The summed E-state index contributed by atoms with van der Waals surface area (Å²) < 4.78 is 66.6. The van der Waals surface area contributed by atoms with E-state index in [1.807, 2.05) is 0 Å². The van der Waals surface area contributed by atoms with Crippen molar-refractivity contribution in [3.05, 3.63) is 29.8 Å². The first-order chi connectivity index (χ1) is 19.2. The number of alkyl halides is 3. The zero-order chi connectivity index (χ0) is 30.5. The Hall–Kier alpha value is -4.15. The van der Waals surface area contributed by atoms with Crippen molar-refractivity contribution in [2.45, 2.75) is 67.7 Å². The lowest BCUT2D eigenvalue weighted by molar-refractivity contribution is -0.305. The number of rotatable bonds is 10. The second-order valence-electron chi connectivity index (χ2n) is 9.22. The van der Waals surface area contributed by atoms with E-state index in [4.69, 9.17) is 5.53 Å². The molecule has 1 aromatic carbocycles. The van der Waals surface area contributed by atoms with Crippen LogP contribution in [0.15, 0.2) is 29.2 Å². The van der Waals surface area contributed by atoms with Gasteiger partial charge in [-0.3, -0.25) is 24.2 Å². The van der Waals surface area contributed by atoms with Crippen LogP contribution in [0.2, 0.25) is 0 Å². The minimum absolute atomic E-state index is 0.00629. The van der Waals surface area contributed by atoms with Gasteiger partial charge in [0.15, 0.2) is 0 Å². The van der Waals surface area contributed by atoms with Crippen LogP contribution in [0.1, 0.15) is 44.1 Å². The predicted octanol–water partition coefficient (Wildman–Crippen LogP) is -1.23. The molecule has 0 saturated carbocycles. The molecule has 41 heavy (non-hydrogen) atoms. The Morgan fingerprint density at radius 3 is 2.41 bits per heavy atom. The van der Waals surface area contributed by atoms with Crippen molar-refractivity contribution in [1.29, 1.82) is 5.53 Å². The maximum Gasteiger partial charge on any atom is 0.416 e. The van der Waals surface area contributed by atoms with Gasteiger partial charge in [-0.05, 0) is 56.4 Å². The number of ketones is 1. The number of halogens is 3. The number of carboxylic acids is 1. The van der Waals surface area contributed by atoms with E-state index in [0.29, 0.717) is 30.5 Å². The number of amides is 3. The van der Waals surface area contributed by atoms with Gasteiger partial charge >= 0.3 is 12.4 Å². The number of carbonyl (C=O) groups is 5. The molecular weight excluding hydrogens is 577 g/mol. The van der Waals surface area contributed by atoms with Crippen LogP contribution in [0.5, 0.6) is 0 Å². The van der Waals surface area contributed by atoms with Gasteiger partial charge in [-0.2, -0.15) is 17.9 Å². The number of sulfonamides is 1. The molecule has 222 valence electrons. The molecule has 2 heterocycles. The molecule has 3 N–H and O–H groups in total. The minimum Gasteiger partial charge on any atom is -0.550 e. The number of fused-ring (bicyclic) bond motifs is 1. The number of carboxylic acid groups (broad SMARTS) is 1. The van der Waals surface area contributed by atoms with Crippen LogP contribution in [0, 0.1) is 5.53 Å². The van der Waals surface area contributed by atoms with Crippen LogP contribution in [0.25, 0.3) is 0 Å². The zero-order valence-electron chi connectivity index (χ0n) is 21.2. The van der Waals surface area contributed by atoms with Crippen molar-refractivity contribution in [2.24, 2.45) is 0 Å². The van der Waals surface area contributed by atoms with Gasteiger partial charge in [0.2, 0.25) is 21.8 Å². The average Bonchev–Trinajstić information content (AvgIpc) is 3.02. The lowest BCUT2D eigenvalue weighted by Gasteiger charge is -2.43. The molecule has 0 spiro atoms. The first kappa shape index (κ1) is 31.4. The fourth-order valence-corrected chi connectivity index (χ4v) is 5.65. The summed E-state index contributed by atoms with van der Waals surface area (Å²) in [4.78, 5) is 65.0. The van der Waals surface area contributed by atoms with Crippen LogP contribution < -0.4 is 15.1 Å². The van der Waals surface area contributed by atoms with E-state index >= 15 is 0 Å². The number of nitrogens with zero attached hydrogens (tertiary/aromatic N) is 3. The number of carbonyl (C=O) groups excluding carboxylic acids is 5. The monoisotopic (exact) mass is 602 g/mol. The van der Waals surface area contributed by atoms with E-state index < -0.39 is 87.1 Å². The van der Waals surface area contributed by atoms with Crippen molar-refractivity contribution in [2.75, 3.05) is 6.54 Å². The topological polar surface area (TPSA) is 211 Å². The van der Waals surface area contributed by atoms with Crippen molar-refractivity contribution >= 4 is 45.7 Å². The highest BCUT2D eigenvalue weighted by molar-refractivity contribution is 7.89. The molecule has 18 heteroatoms. The van der Waals surface area contributed by atoms with Crippen molar-refractivity contribution in [3.63, 3.8) is 0 Å². The van der Waals surface area contributed by atoms with Gasteiger partial charge in [0.25, 0.3) is 11.7 Å². The second-order valence-corrected chi connectivity index (χ2v) is 10.9. The summed E-state index contributed by atoms with van der Waals surface area (Å²) in [5.41, 5.74) is 5.73. The predicted molar refractivity (Wildman–Crippen MR) is 127 cm³/mol. The Labute approximate surface area is 231 Å². The summed E-state index contributed by atoms with van der Waals surface area (Å²) in [5, 5.41) is 15.0. The van der Waals surface area contributed by atoms with E-state index in [0.717, 1.165) is 10.0 Å². The zero-order valence-corrected chi connectivity index (χ0v) is 22.0.